The highest BCUT2D eigenvalue weighted by molar-refractivity contribution is 6.33. The first kappa shape index (κ1) is 15.3. The molecule has 2 unspecified atom stereocenters. The summed E-state index contributed by atoms with van der Waals surface area (Å²) in [6.45, 7) is 0.257. The molecule has 2 atom stereocenters. The number of likely N-dealkylation sites (N-methyl/N-ethyl adjacent to an activating group) is 1. The lowest BCUT2D eigenvalue weighted by Gasteiger charge is -2.34. The number of halogens is 1. The van der Waals surface area contributed by atoms with Gasteiger partial charge >= 0.3 is 0 Å². The summed E-state index contributed by atoms with van der Waals surface area (Å²) in [5.74, 6) is -0.113. The number of aliphatic hydroxyl groups is 1. The van der Waals surface area contributed by atoms with Crippen molar-refractivity contribution in [1.29, 1.82) is 0 Å². The molecule has 0 aromatic heterocycles. The van der Waals surface area contributed by atoms with Crippen LogP contribution in [0, 0.1) is 0 Å². The lowest BCUT2D eigenvalue weighted by molar-refractivity contribution is -0.118. The average molecular weight is 297 g/mol. The number of hydrogen-bond donors (Lipinski definition) is 2. The van der Waals surface area contributed by atoms with Gasteiger partial charge in [0, 0.05) is 6.04 Å². The maximum Gasteiger partial charge on any atom is 0.238 e. The molecule has 1 fully saturated rings. The summed E-state index contributed by atoms with van der Waals surface area (Å²) in [5, 5.41) is 13.3. The second kappa shape index (κ2) is 7.07. The van der Waals surface area contributed by atoms with Crippen LogP contribution in [0.5, 0.6) is 0 Å². The molecule has 0 saturated heterocycles. The van der Waals surface area contributed by atoms with Crippen molar-refractivity contribution in [2.45, 2.75) is 37.8 Å². The number of anilines is 1. The molecule has 0 aliphatic heterocycles. The monoisotopic (exact) mass is 296 g/mol. The number of hydrogen-bond acceptors (Lipinski definition) is 3. The maximum atomic E-state index is 12.0. The maximum absolute atomic E-state index is 12.0. The Morgan fingerprint density at radius 3 is 2.80 bits per heavy atom. The third-order valence-corrected chi connectivity index (χ3v) is 4.13. The first-order valence-corrected chi connectivity index (χ1v) is 7.38. The van der Waals surface area contributed by atoms with Crippen molar-refractivity contribution in [3.63, 3.8) is 0 Å². The summed E-state index contributed by atoms with van der Waals surface area (Å²) in [6.07, 6.45) is 3.61. The fourth-order valence-corrected chi connectivity index (χ4v) is 2.88. The molecular weight excluding hydrogens is 276 g/mol. The van der Waals surface area contributed by atoms with Crippen LogP contribution in [0.15, 0.2) is 24.3 Å². The Labute approximate surface area is 124 Å². The van der Waals surface area contributed by atoms with Crippen LogP contribution in [0.4, 0.5) is 5.69 Å². The van der Waals surface area contributed by atoms with Crippen LogP contribution >= 0.6 is 11.6 Å². The van der Waals surface area contributed by atoms with Gasteiger partial charge in [0.2, 0.25) is 5.91 Å². The number of nitrogens with zero attached hydrogens (tertiary/aromatic N) is 1. The Bertz CT molecular complexity index is 467. The predicted octanol–water partition coefficient (Wildman–Crippen LogP) is 2.51. The zero-order chi connectivity index (χ0) is 14.5. The van der Waals surface area contributed by atoms with Crippen LogP contribution in [-0.2, 0) is 4.79 Å². The molecule has 1 aromatic rings. The van der Waals surface area contributed by atoms with Gasteiger partial charge in [0.1, 0.15) is 0 Å². The summed E-state index contributed by atoms with van der Waals surface area (Å²) in [4.78, 5) is 14.0. The van der Waals surface area contributed by atoms with E-state index in [-0.39, 0.29) is 24.6 Å². The molecular formula is C15H21ClN2O2. The van der Waals surface area contributed by atoms with E-state index in [0.29, 0.717) is 10.7 Å². The molecule has 0 radical (unpaired) electrons. The summed E-state index contributed by atoms with van der Waals surface area (Å²) in [5.41, 5.74) is 0.622. The van der Waals surface area contributed by atoms with Gasteiger partial charge in [-0.3, -0.25) is 9.69 Å². The zero-order valence-corrected chi connectivity index (χ0v) is 12.4. The van der Waals surface area contributed by atoms with E-state index in [1.807, 2.05) is 24.1 Å². The van der Waals surface area contributed by atoms with Crippen LogP contribution in [0.2, 0.25) is 5.02 Å². The number of carbonyl (C=O) groups excluding carboxylic acids is 1. The SMILES string of the molecule is CN(CC(=O)Nc1ccccc1Cl)C1CCCCC1O. The Hall–Kier alpha value is -1.10. The largest absolute Gasteiger partial charge is 0.391 e. The first-order valence-electron chi connectivity index (χ1n) is 7.00. The van der Waals surface area contributed by atoms with Gasteiger partial charge in [0.05, 0.1) is 23.4 Å². The zero-order valence-electron chi connectivity index (χ0n) is 11.7. The molecule has 1 aliphatic rings. The standard InChI is InChI=1S/C15H21ClN2O2/c1-18(13-8-4-5-9-14(13)19)10-15(20)17-12-7-3-2-6-11(12)16/h2-3,6-7,13-14,19H,4-5,8-10H2,1H3,(H,17,20). The van der Waals surface area contributed by atoms with Crippen LogP contribution in [0.25, 0.3) is 0 Å². The Kier molecular flexibility index (Phi) is 5.40. The van der Waals surface area contributed by atoms with Crippen LogP contribution in [-0.4, -0.2) is 41.7 Å². The van der Waals surface area contributed by atoms with E-state index in [9.17, 15) is 9.90 Å². The number of benzene rings is 1. The highest BCUT2D eigenvalue weighted by Gasteiger charge is 2.27. The minimum absolute atomic E-state index is 0.0701. The van der Waals surface area contributed by atoms with E-state index in [1.165, 1.54) is 0 Å². The van der Waals surface area contributed by atoms with Crippen molar-refractivity contribution >= 4 is 23.2 Å². The topological polar surface area (TPSA) is 52.6 Å². The smallest absolute Gasteiger partial charge is 0.238 e. The third-order valence-electron chi connectivity index (χ3n) is 3.80. The van der Waals surface area contributed by atoms with Gasteiger partial charge in [0.25, 0.3) is 0 Å². The molecule has 1 amide bonds. The second-order valence-electron chi connectivity index (χ2n) is 5.36. The molecule has 0 heterocycles. The molecule has 2 rings (SSSR count). The van der Waals surface area contributed by atoms with Crippen molar-refractivity contribution in [3.8, 4) is 0 Å². The summed E-state index contributed by atoms with van der Waals surface area (Å²) < 4.78 is 0. The normalized spacial score (nSPS) is 22.8. The minimum atomic E-state index is -0.332. The second-order valence-corrected chi connectivity index (χ2v) is 5.77. The van der Waals surface area contributed by atoms with E-state index in [0.717, 1.165) is 25.7 Å². The van der Waals surface area contributed by atoms with Crippen LogP contribution in [0.3, 0.4) is 0 Å². The quantitative estimate of drug-likeness (QED) is 0.898. The van der Waals surface area contributed by atoms with Gasteiger partial charge in [-0.05, 0) is 32.0 Å². The molecule has 0 spiro atoms. The van der Waals surface area contributed by atoms with Gasteiger partial charge in [-0.2, -0.15) is 0 Å². The number of nitrogens with one attached hydrogen (secondary N) is 1. The van der Waals surface area contributed by atoms with Crippen molar-refractivity contribution in [2.24, 2.45) is 0 Å². The van der Waals surface area contributed by atoms with Crippen molar-refractivity contribution < 1.29 is 9.90 Å². The fourth-order valence-electron chi connectivity index (χ4n) is 2.70. The number of para-hydroxylation sites is 1. The van der Waals surface area contributed by atoms with E-state index >= 15 is 0 Å². The van der Waals surface area contributed by atoms with E-state index in [2.05, 4.69) is 5.32 Å². The lowest BCUT2D eigenvalue weighted by atomic mass is 9.91. The summed E-state index contributed by atoms with van der Waals surface area (Å²) >= 11 is 6.01. The number of carbonyl (C=O) groups is 1. The predicted molar refractivity (Wildman–Crippen MR) is 81.0 cm³/mol. The number of rotatable bonds is 4. The molecule has 110 valence electrons. The summed E-state index contributed by atoms with van der Waals surface area (Å²) in [7, 11) is 1.88. The molecule has 4 nitrogen and oxygen atoms in total. The molecule has 1 aromatic carbocycles. The fraction of sp³-hybridized carbons (Fsp3) is 0.533. The molecule has 20 heavy (non-hydrogen) atoms. The molecule has 1 aliphatic carbocycles. The Morgan fingerprint density at radius 1 is 1.40 bits per heavy atom. The molecule has 0 bridgehead atoms. The highest BCUT2D eigenvalue weighted by Crippen LogP contribution is 2.23. The van der Waals surface area contributed by atoms with Crippen molar-refractivity contribution in [3.05, 3.63) is 29.3 Å². The van der Waals surface area contributed by atoms with Gasteiger partial charge in [-0.15, -0.1) is 0 Å². The number of amides is 1. The van der Waals surface area contributed by atoms with Crippen molar-refractivity contribution in [2.75, 3.05) is 18.9 Å². The first-order chi connectivity index (χ1) is 9.58. The molecule has 1 saturated carbocycles. The Balaban J connectivity index is 1.89. The van der Waals surface area contributed by atoms with E-state index < -0.39 is 0 Å². The molecule has 2 N–H and O–H groups in total. The van der Waals surface area contributed by atoms with Gasteiger partial charge in [-0.1, -0.05) is 36.6 Å². The third kappa shape index (κ3) is 3.95. The van der Waals surface area contributed by atoms with Crippen molar-refractivity contribution in [1.82, 2.24) is 4.90 Å². The highest BCUT2D eigenvalue weighted by atomic mass is 35.5. The van der Waals surface area contributed by atoms with Gasteiger partial charge < -0.3 is 10.4 Å². The minimum Gasteiger partial charge on any atom is -0.391 e. The summed E-state index contributed by atoms with van der Waals surface area (Å²) in [6, 6.07) is 7.24. The molecule has 5 heteroatoms. The van der Waals surface area contributed by atoms with E-state index in [4.69, 9.17) is 11.6 Å². The van der Waals surface area contributed by atoms with Gasteiger partial charge in [0.15, 0.2) is 0 Å². The van der Waals surface area contributed by atoms with Crippen LogP contribution < -0.4 is 5.32 Å². The van der Waals surface area contributed by atoms with E-state index in [1.54, 1.807) is 12.1 Å². The number of aliphatic hydroxyl groups excluding tert-OH is 1. The van der Waals surface area contributed by atoms with Crippen LogP contribution in [0.1, 0.15) is 25.7 Å². The lowest BCUT2D eigenvalue weighted by Crippen LogP contribution is -2.46. The Morgan fingerprint density at radius 2 is 2.10 bits per heavy atom. The van der Waals surface area contributed by atoms with Gasteiger partial charge in [-0.25, -0.2) is 0 Å². The average Bonchev–Trinajstić information content (AvgIpc) is 2.41.